The van der Waals surface area contributed by atoms with Crippen molar-refractivity contribution in [3.8, 4) is 0 Å². The standard InChI is InChI=1S/C15H17N3O2/c1-11-14(4-3-5-15(11)18(19)20)10-17-12(2)13-6-8-16-9-7-13/h3-9,12,17H,10H2,1-2H3/t12-/m0/s1. The highest BCUT2D eigenvalue weighted by Gasteiger charge is 2.13. The second kappa shape index (κ2) is 6.25. The Bertz CT molecular complexity index is 599. The van der Waals surface area contributed by atoms with E-state index in [-0.39, 0.29) is 16.7 Å². The van der Waals surface area contributed by atoms with Gasteiger partial charge >= 0.3 is 0 Å². The topological polar surface area (TPSA) is 68.1 Å². The maximum atomic E-state index is 10.9. The minimum absolute atomic E-state index is 0.164. The van der Waals surface area contributed by atoms with Crippen LogP contribution in [0.25, 0.3) is 0 Å². The third-order valence-corrected chi connectivity index (χ3v) is 3.42. The Morgan fingerprint density at radius 1 is 1.30 bits per heavy atom. The van der Waals surface area contributed by atoms with E-state index < -0.39 is 0 Å². The number of benzene rings is 1. The van der Waals surface area contributed by atoms with E-state index >= 15 is 0 Å². The molecular weight excluding hydrogens is 254 g/mol. The first-order valence-corrected chi connectivity index (χ1v) is 6.45. The Morgan fingerprint density at radius 2 is 2.00 bits per heavy atom. The highest BCUT2D eigenvalue weighted by molar-refractivity contribution is 5.44. The molecule has 104 valence electrons. The summed E-state index contributed by atoms with van der Waals surface area (Å²) in [5.41, 5.74) is 2.97. The zero-order valence-electron chi connectivity index (χ0n) is 11.5. The molecule has 5 heteroatoms. The molecule has 0 aliphatic rings. The van der Waals surface area contributed by atoms with Crippen molar-refractivity contribution in [2.75, 3.05) is 0 Å². The van der Waals surface area contributed by atoms with Gasteiger partial charge in [-0.1, -0.05) is 12.1 Å². The summed E-state index contributed by atoms with van der Waals surface area (Å²) in [5.74, 6) is 0. The van der Waals surface area contributed by atoms with Gasteiger partial charge < -0.3 is 5.32 Å². The largest absolute Gasteiger partial charge is 0.306 e. The molecule has 0 amide bonds. The van der Waals surface area contributed by atoms with E-state index in [1.807, 2.05) is 18.2 Å². The Kier molecular flexibility index (Phi) is 4.42. The fourth-order valence-corrected chi connectivity index (χ4v) is 2.09. The SMILES string of the molecule is Cc1c(CN[C@@H](C)c2ccncc2)cccc1[N+](=O)[O-]. The Morgan fingerprint density at radius 3 is 2.65 bits per heavy atom. The number of hydrogen-bond donors (Lipinski definition) is 1. The van der Waals surface area contributed by atoms with E-state index in [1.165, 1.54) is 6.07 Å². The van der Waals surface area contributed by atoms with Crippen molar-refractivity contribution in [2.45, 2.75) is 26.4 Å². The van der Waals surface area contributed by atoms with Gasteiger partial charge in [0, 0.05) is 36.6 Å². The van der Waals surface area contributed by atoms with E-state index in [4.69, 9.17) is 0 Å². The molecule has 1 atom stereocenters. The number of rotatable bonds is 5. The maximum Gasteiger partial charge on any atom is 0.272 e. The Balaban J connectivity index is 2.08. The van der Waals surface area contributed by atoms with Gasteiger partial charge in [-0.15, -0.1) is 0 Å². The zero-order chi connectivity index (χ0) is 14.5. The summed E-state index contributed by atoms with van der Waals surface area (Å²) in [5, 5.41) is 14.3. The van der Waals surface area contributed by atoms with Crippen molar-refractivity contribution in [1.29, 1.82) is 0 Å². The van der Waals surface area contributed by atoms with Crippen LogP contribution in [0.1, 0.15) is 29.7 Å². The fourth-order valence-electron chi connectivity index (χ4n) is 2.09. The van der Waals surface area contributed by atoms with Crippen molar-refractivity contribution in [2.24, 2.45) is 0 Å². The molecule has 0 spiro atoms. The predicted octanol–water partition coefficient (Wildman–Crippen LogP) is 3.15. The van der Waals surface area contributed by atoms with Crippen LogP contribution in [0.2, 0.25) is 0 Å². The summed E-state index contributed by atoms with van der Waals surface area (Å²) in [6.45, 7) is 4.44. The molecule has 1 aromatic heterocycles. The van der Waals surface area contributed by atoms with Crippen molar-refractivity contribution >= 4 is 5.69 Å². The zero-order valence-corrected chi connectivity index (χ0v) is 11.5. The molecule has 5 nitrogen and oxygen atoms in total. The molecule has 1 aromatic carbocycles. The van der Waals surface area contributed by atoms with Crippen molar-refractivity contribution in [3.63, 3.8) is 0 Å². The second-order valence-corrected chi connectivity index (χ2v) is 4.70. The van der Waals surface area contributed by atoms with Crippen molar-refractivity contribution in [3.05, 3.63) is 69.5 Å². The molecule has 0 fully saturated rings. The van der Waals surface area contributed by atoms with Gasteiger partial charge in [0.2, 0.25) is 0 Å². The average molecular weight is 271 g/mol. The molecule has 1 heterocycles. The van der Waals surface area contributed by atoms with Crippen LogP contribution in [-0.4, -0.2) is 9.91 Å². The highest BCUT2D eigenvalue weighted by Crippen LogP contribution is 2.21. The lowest BCUT2D eigenvalue weighted by Crippen LogP contribution is -2.18. The van der Waals surface area contributed by atoms with Gasteiger partial charge in [-0.2, -0.15) is 0 Å². The van der Waals surface area contributed by atoms with Gasteiger partial charge in [-0.25, -0.2) is 0 Å². The first-order chi connectivity index (χ1) is 9.59. The number of hydrogen-bond acceptors (Lipinski definition) is 4. The number of nitro benzene ring substituents is 1. The van der Waals surface area contributed by atoms with Crippen LogP contribution in [0, 0.1) is 17.0 Å². The molecule has 0 aliphatic carbocycles. The maximum absolute atomic E-state index is 10.9. The molecular formula is C15H17N3O2. The van der Waals surface area contributed by atoms with E-state index in [0.29, 0.717) is 12.1 Å². The molecule has 2 rings (SSSR count). The summed E-state index contributed by atoms with van der Waals surface area (Å²) >= 11 is 0. The van der Waals surface area contributed by atoms with Crippen LogP contribution in [0.4, 0.5) is 5.69 Å². The third-order valence-electron chi connectivity index (χ3n) is 3.42. The van der Waals surface area contributed by atoms with Crippen LogP contribution < -0.4 is 5.32 Å². The highest BCUT2D eigenvalue weighted by atomic mass is 16.6. The average Bonchev–Trinajstić information content (AvgIpc) is 2.46. The lowest BCUT2D eigenvalue weighted by molar-refractivity contribution is -0.385. The van der Waals surface area contributed by atoms with Crippen LogP contribution >= 0.6 is 0 Å². The van der Waals surface area contributed by atoms with Gasteiger partial charge in [0.15, 0.2) is 0 Å². The number of aromatic nitrogens is 1. The van der Waals surface area contributed by atoms with Crippen molar-refractivity contribution < 1.29 is 4.92 Å². The van der Waals surface area contributed by atoms with Crippen LogP contribution in [0.3, 0.4) is 0 Å². The third kappa shape index (κ3) is 3.19. The number of nitro groups is 1. The minimum atomic E-state index is -0.342. The first kappa shape index (κ1) is 14.1. The van der Waals surface area contributed by atoms with Crippen LogP contribution in [0.15, 0.2) is 42.7 Å². The molecule has 2 aromatic rings. The fraction of sp³-hybridized carbons (Fsp3) is 0.267. The second-order valence-electron chi connectivity index (χ2n) is 4.70. The number of pyridine rings is 1. The Hall–Kier alpha value is -2.27. The Labute approximate surface area is 117 Å². The molecule has 0 unspecified atom stereocenters. The molecule has 20 heavy (non-hydrogen) atoms. The van der Waals surface area contributed by atoms with Crippen molar-refractivity contribution in [1.82, 2.24) is 10.3 Å². The monoisotopic (exact) mass is 271 g/mol. The predicted molar refractivity (Wildman–Crippen MR) is 77.3 cm³/mol. The van der Waals surface area contributed by atoms with E-state index in [2.05, 4.69) is 17.2 Å². The summed E-state index contributed by atoms with van der Waals surface area (Å²) in [6, 6.07) is 9.24. The summed E-state index contributed by atoms with van der Waals surface area (Å²) in [6.07, 6.45) is 3.51. The smallest absolute Gasteiger partial charge is 0.272 e. The van der Waals surface area contributed by atoms with Gasteiger partial charge in [-0.3, -0.25) is 15.1 Å². The summed E-state index contributed by atoms with van der Waals surface area (Å²) < 4.78 is 0. The quantitative estimate of drug-likeness (QED) is 0.670. The van der Waals surface area contributed by atoms with E-state index in [0.717, 1.165) is 11.1 Å². The molecule has 0 bridgehead atoms. The lowest BCUT2D eigenvalue weighted by atomic mass is 10.1. The lowest BCUT2D eigenvalue weighted by Gasteiger charge is -2.15. The van der Waals surface area contributed by atoms with Gasteiger partial charge in [-0.05, 0) is 37.1 Å². The summed E-state index contributed by atoms with van der Waals surface area (Å²) in [4.78, 5) is 14.6. The minimum Gasteiger partial charge on any atom is -0.306 e. The molecule has 0 radical (unpaired) electrons. The normalized spacial score (nSPS) is 12.1. The number of nitrogens with one attached hydrogen (secondary N) is 1. The first-order valence-electron chi connectivity index (χ1n) is 6.45. The number of nitrogens with zero attached hydrogens (tertiary/aromatic N) is 2. The van der Waals surface area contributed by atoms with Crippen LogP contribution in [0.5, 0.6) is 0 Å². The van der Waals surface area contributed by atoms with Gasteiger partial charge in [0.25, 0.3) is 5.69 Å². The van der Waals surface area contributed by atoms with Crippen LogP contribution in [-0.2, 0) is 6.54 Å². The molecule has 1 N–H and O–H groups in total. The van der Waals surface area contributed by atoms with E-state index in [9.17, 15) is 10.1 Å². The van der Waals surface area contributed by atoms with Gasteiger partial charge in [0.1, 0.15) is 0 Å². The molecule has 0 saturated heterocycles. The van der Waals surface area contributed by atoms with E-state index in [1.54, 1.807) is 25.4 Å². The summed E-state index contributed by atoms with van der Waals surface area (Å²) in [7, 11) is 0. The molecule has 0 saturated carbocycles. The van der Waals surface area contributed by atoms with Gasteiger partial charge in [0.05, 0.1) is 4.92 Å². The molecule has 0 aliphatic heterocycles.